The van der Waals surface area contributed by atoms with Crippen LogP contribution in [-0.4, -0.2) is 58.9 Å². The van der Waals surface area contributed by atoms with Crippen molar-refractivity contribution in [2.24, 2.45) is 15.9 Å². The summed E-state index contributed by atoms with van der Waals surface area (Å²) in [4.78, 5) is 19.8. The van der Waals surface area contributed by atoms with E-state index < -0.39 is 0 Å². The van der Waals surface area contributed by atoms with Gasteiger partial charge in [-0.2, -0.15) is 11.7 Å². The normalized spacial score (nSPS) is 16.6. The molecule has 0 amide bonds. The van der Waals surface area contributed by atoms with Crippen molar-refractivity contribution < 1.29 is 19.8 Å². The van der Waals surface area contributed by atoms with Gasteiger partial charge in [-0.3, -0.25) is 14.9 Å². The second-order valence-corrected chi connectivity index (χ2v) is 14.7. The van der Waals surface area contributed by atoms with Crippen LogP contribution in [0.2, 0.25) is 0 Å². The zero-order valence-electron chi connectivity index (χ0n) is 31.1. The molecule has 4 heterocycles. The molecule has 4 aromatic rings. The smallest absolute Gasteiger partial charge is 0.338 e. The molecule has 1 fully saturated rings. The number of hydrogen-bond donors (Lipinski definition) is 1. The van der Waals surface area contributed by atoms with Crippen LogP contribution in [0, 0.1) is 37.5 Å². The first-order valence-electron chi connectivity index (χ1n) is 18.3. The van der Waals surface area contributed by atoms with Gasteiger partial charge in [0.2, 0.25) is 0 Å². The van der Waals surface area contributed by atoms with Crippen LogP contribution in [-0.2, 0) is 32.8 Å². The molecule has 1 aromatic heterocycles. The average Bonchev–Trinajstić information content (AvgIpc) is 3.77. The summed E-state index contributed by atoms with van der Waals surface area (Å²) in [6.07, 6.45) is 10.3. The first-order chi connectivity index (χ1) is 24.7. The third kappa shape index (κ3) is 7.89. The van der Waals surface area contributed by atoms with Crippen LogP contribution in [0.15, 0.2) is 76.4 Å². The summed E-state index contributed by atoms with van der Waals surface area (Å²) in [6.45, 7) is 18.1. The van der Waals surface area contributed by atoms with Crippen molar-refractivity contribution in [1.29, 1.82) is 5.26 Å². The number of nitrogens with zero attached hydrogens (tertiary/aromatic N) is 6. The van der Waals surface area contributed by atoms with E-state index in [1.807, 2.05) is 12.3 Å². The van der Waals surface area contributed by atoms with Crippen LogP contribution in [0.5, 0.6) is 0 Å². The van der Waals surface area contributed by atoms with Gasteiger partial charge in [-0.05, 0) is 104 Å². The number of benzene rings is 3. The Morgan fingerprint density at radius 3 is 2.65 bits per heavy atom. The van der Waals surface area contributed by atoms with Gasteiger partial charge in [-0.25, -0.2) is 4.98 Å². The Bertz CT molecular complexity index is 2100. The summed E-state index contributed by atoms with van der Waals surface area (Å²) in [5, 5.41) is 13.8. The molecule has 0 aliphatic carbocycles. The summed E-state index contributed by atoms with van der Waals surface area (Å²) < 4.78 is 0. The number of fused-ring (bicyclic) bond motifs is 2. The van der Waals surface area contributed by atoms with Crippen molar-refractivity contribution >= 4 is 40.9 Å². The molecule has 8 heteroatoms. The average molecular weight is 865 g/mol. The van der Waals surface area contributed by atoms with E-state index in [1.165, 1.54) is 22.3 Å². The molecule has 0 spiro atoms. The molecule has 1 unspecified atom stereocenters. The number of aromatic nitrogens is 1. The van der Waals surface area contributed by atoms with Crippen LogP contribution in [0.4, 0.5) is 22.9 Å². The Hall–Kier alpha value is -4.26. The quantitative estimate of drug-likeness (QED) is 0.161. The van der Waals surface area contributed by atoms with E-state index in [0.717, 1.165) is 101 Å². The van der Waals surface area contributed by atoms with Crippen LogP contribution in [0.3, 0.4) is 0 Å². The summed E-state index contributed by atoms with van der Waals surface area (Å²) in [7, 11) is 0. The maximum atomic E-state index is 10.2. The van der Waals surface area contributed by atoms with Crippen molar-refractivity contribution in [1.82, 2.24) is 14.8 Å². The molecule has 3 aliphatic rings. The number of rotatable bonds is 10. The number of likely N-dealkylation sites (tertiary alicyclic amines) is 1. The van der Waals surface area contributed by atoms with Gasteiger partial charge in [0.05, 0.1) is 29.1 Å². The van der Waals surface area contributed by atoms with Gasteiger partial charge in [0.15, 0.2) is 5.82 Å². The molecule has 3 aliphatic heterocycles. The van der Waals surface area contributed by atoms with Crippen molar-refractivity contribution in [3.63, 3.8) is 0 Å². The van der Waals surface area contributed by atoms with E-state index in [1.54, 1.807) is 0 Å². The monoisotopic (exact) mass is 866 g/mol. The Balaban J connectivity index is 0.00000464. The molecule has 3 aromatic carbocycles. The Kier molecular flexibility index (Phi) is 11.7. The molecule has 0 bridgehead atoms. The maximum Gasteiger partial charge on any atom is 1.00 e. The number of hydrogen-bond acceptors (Lipinski definition) is 7. The molecule has 1 atom stereocenters. The second-order valence-electron chi connectivity index (χ2n) is 14.7. The van der Waals surface area contributed by atoms with Crippen molar-refractivity contribution in [3.05, 3.63) is 112 Å². The first-order valence-corrected chi connectivity index (χ1v) is 18.3. The minimum atomic E-state index is 0. The molecule has 52 heavy (non-hydrogen) atoms. The molecule has 1 radical (unpaired) electrons. The number of anilines is 2. The van der Waals surface area contributed by atoms with Crippen LogP contribution < -0.4 is 5.32 Å². The number of nitrogens with one attached hydrogen (secondary N) is 1. The topological polar surface area (TPSA) is 79.9 Å². The predicted octanol–water partition coefficient (Wildman–Crippen LogP) is 9.53. The van der Waals surface area contributed by atoms with Crippen molar-refractivity contribution in [3.8, 4) is 17.2 Å². The fourth-order valence-electron chi connectivity index (χ4n) is 7.79. The zero-order valence-corrected chi connectivity index (χ0v) is 33.7. The molecule has 0 saturated carbocycles. The summed E-state index contributed by atoms with van der Waals surface area (Å²) in [5.41, 5.74) is 14.8. The molecule has 1 saturated heterocycles. The van der Waals surface area contributed by atoms with E-state index in [4.69, 9.17) is 15.0 Å². The largest absolute Gasteiger partial charge is 1.00 e. The Morgan fingerprint density at radius 2 is 1.90 bits per heavy atom. The van der Waals surface area contributed by atoms with Crippen LogP contribution in [0.1, 0.15) is 73.1 Å². The fourth-order valence-corrected chi connectivity index (χ4v) is 7.79. The Labute approximate surface area is 322 Å². The molecule has 7 nitrogen and oxygen atoms in total. The van der Waals surface area contributed by atoms with E-state index in [2.05, 4.69) is 130 Å². The van der Waals surface area contributed by atoms with Gasteiger partial charge < -0.3 is 16.6 Å². The maximum absolute atomic E-state index is 10.2. The fraction of sp³-hybridized carbons (Fsp3) is 0.341. The zero-order chi connectivity index (χ0) is 35.6. The summed E-state index contributed by atoms with van der Waals surface area (Å²) in [5.74, 6) is 1.33. The van der Waals surface area contributed by atoms with Gasteiger partial charge in [-0.15, -0.1) is 6.54 Å². The first kappa shape index (κ1) is 37.5. The number of pyridine rings is 1. The number of aryl methyl sites for hydroxylation is 1. The minimum Gasteiger partial charge on any atom is -0.338 e. The molecule has 267 valence electrons. The third-order valence-electron chi connectivity index (χ3n) is 10.3. The summed E-state index contributed by atoms with van der Waals surface area (Å²) >= 11 is 0. The predicted molar refractivity (Wildman–Crippen MR) is 212 cm³/mol. The van der Waals surface area contributed by atoms with Gasteiger partial charge >= 0.3 is 19.8 Å². The summed E-state index contributed by atoms with van der Waals surface area (Å²) in [6, 6.07) is 22.0. The van der Waals surface area contributed by atoms with E-state index in [9.17, 15) is 5.26 Å². The van der Waals surface area contributed by atoms with E-state index in [-0.39, 0.29) is 25.8 Å². The standard InChI is InChI=1S/C44H48N7.Os/c1-7-50(26-28(2)3)27-32-20-35(24-45)39-23-41(49-40(39)21-32)38-18-29(4)17-37(31(38)6)33-11-10-12-36(22-33)48-44-43-34(13-14-46-44)19-30(5)42(25-47-43)51-15-8-9-16-51;/h8,10-14,17-22,25,28,42H,7,9,15-16,23,26-27H2,1-6H3,(H,46,48);/q-1;+1. The second kappa shape index (κ2) is 16.2. The number of aliphatic imine (C=N–C) groups is 2. The molecule has 7 rings (SSSR count). The Morgan fingerprint density at radius 1 is 1.08 bits per heavy atom. The van der Waals surface area contributed by atoms with E-state index >= 15 is 0 Å². The van der Waals surface area contributed by atoms with Gasteiger partial charge in [0.25, 0.3) is 0 Å². The molecular formula is C44H48N7Os. The SMILES string of the molecule is CCN(Cc1cc(C#N)c2c(c1)N=C(c1cc(C)cc(-c3cccc(Nc4nccc5c4N=CC(N4C[CH-]CC4)C(C)=C5)c3)c1C)C2)CC(C)C.[Os+]. The van der Waals surface area contributed by atoms with Crippen molar-refractivity contribution in [2.75, 3.05) is 31.5 Å². The molecule has 1 N–H and O–H groups in total. The number of nitriles is 1. The van der Waals surface area contributed by atoms with E-state index in [0.29, 0.717) is 12.3 Å². The van der Waals surface area contributed by atoms with Crippen molar-refractivity contribution in [2.45, 2.75) is 67.0 Å². The molecular weight excluding hydrogens is 817 g/mol. The van der Waals surface area contributed by atoms with Gasteiger partial charge in [0.1, 0.15) is 5.69 Å². The minimum absolute atomic E-state index is 0. The van der Waals surface area contributed by atoms with Gasteiger partial charge in [0, 0.05) is 54.3 Å². The van der Waals surface area contributed by atoms with Crippen LogP contribution in [0.25, 0.3) is 17.2 Å². The van der Waals surface area contributed by atoms with Crippen LogP contribution >= 0.6 is 0 Å². The third-order valence-corrected chi connectivity index (χ3v) is 10.3. The van der Waals surface area contributed by atoms with Gasteiger partial charge in [-0.1, -0.05) is 50.6 Å².